The monoisotopic (exact) mass is 277 g/mol. The smallest absolute Gasteiger partial charge is 0.229 e. The lowest BCUT2D eigenvalue weighted by atomic mass is 10.2. The van der Waals surface area contributed by atoms with Crippen molar-refractivity contribution in [1.82, 2.24) is 4.98 Å². The zero-order chi connectivity index (χ0) is 13.7. The Kier molecular flexibility index (Phi) is 4.01. The Morgan fingerprint density at radius 3 is 2.58 bits per heavy atom. The van der Waals surface area contributed by atoms with Gasteiger partial charge in [0, 0.05) is 11.9 Å². The van der Waals surface area contributed by atoms with Crippen LogP contribution in [0.1, 0.15) is 5.69 Å². The van der Waals surface area contributed by atoms with Crippen LogP contribution < -0.4 is 10.0 Å². The summed E-state index contributed by atoms with van der Waals surface area (Å²) in [5, 5.41) is 3.19. The SMILES string of the molecule is CS(=O)(=O)Nc1cccc(NCc2ccccn2)c1. The lowest BCUT2D eigenvalue weighted by Crippen LogP contribution is -2.09. The standard InChI is InChI=1S/C13H15N3O2S/c1-19(17,18)16-12-7-4-6-11(9-12)15-10-13-5-2-3-8-14-13/h2-9,15-16H,10H2,1H3. The van der Waals surface area contributed by atoms with Gasteiger partial charge >= 0.3 is 0 Å². The molecule has 0 unspecified atom stereocenters. The highest BCUT2D eigenvalue weighted by molar-refractivity contribution is 7.92. The van der Waals surface area contributed by atoms with Crippen molar-refractivity contribution >= 4 is 21.4 Å². The van der Waals surface area contributed by atoms with Gasteiger partial charge in [0.2, 0.25) is 10.0 Å². The van der Waals surface area contributed by atoms with Crippen molar-refractivity contribution in [2.24, 2.45) is 0 Å². The van der Waals surface area contributed by atoms with Crippen LogP contribution in [-0.4, -0.2) is 19.7 Å². The molecule has 100 valence electrons. The van der Waals surface area contributed by atoms with Crippen molar-refractivity contribution in [3.63, 3.8) is 0 Å². The molecule has 2 aromatic rings. The highest BCUT2D eigenvalue weighted by atomic mass is 32.2. The quantitative estimate of drug-likeness (QED) is 0.877. The Morgan fingerprint density at radius 1 is 1.11 bits per heavy atom. The van der Waals surface area contributed by atoms with Gasteiger partial charge in [-0.3, -0.25) is 9.71 Å². The van der Waals surface area contributed by atoms with Crippen LogP contribution in [0.4, 0.5) is 11.4 Å². The molecule has 1 heterocycles. The molecule has 6 heteroatoms. The summed E-state index contributed by atoms with van der Waals surface area (Å²) in [5.74, 6) is 0. The topological polar surface area (TPSA) is 71.1 Å². The maximum absolute atomic E-state index is 11.1. The molecule has 0 saturated heterocycles. The van der Waals surface area contributed by atoms with Crippen molar-refractivity contribution in [2.45, 2.75) is 6.54 Å². The van der Waals surface area contributed by atoms with Gasteiger partial charge in [0.05, 0.1) is 24.2 Å². The number of sulfonamides is 1. The third-order valence-corrected chi connectivity index (χ3v) is 2.97. The summed E-state index contributed by atoms with van der Waals surface area (Å²) in [7, 11) is -3.25. The molecule has 0 amide bonds. The van der Waals surface area contributed by atoms with Gasteiger partial charge in [-0.1, -0.05) is 12.1 Å². The number of anilines is 2. The second-order valence-corrected chi connectivity index (χ2v) is 5.88. The second kappa shape index (κ2) is 5.71. The van der Waals surface area contributed by atoms with E-state index in [4.69, 9.17) is 0 Å². The number of nitrogens with one attached hydrogen (secondary N) is 2. The van der Waals surface area contributed by atoms with Gasteiger partial charge < -0.3 is 5.32 Å². The molecule has 5 nitrogen and oxygen atoms in total. The summed E-state index contributed by atoms with van der Waals surface area (Å²) in [5.41, 5.74) is 2.29. The molecule has 2 rings (SSSR count). The van der Waals surface area contributed by atoms with Crippen LogP contribution in [0.15, 0.2) is 48.7 Å². The Labute approximate surface area is 112 Å². The fraction of sp³-hybridized carbons (Fsp3) is 0.154. The fourth-order valence-electron chi connectivity index (χ4n) is 1.60. The summed E-state index contributed by atoms with van der Waals surface area (Å²) < 4.78 is 24.7. The van der Waals surface area contributed by atoms with Crippen molar-refractivity contribution < 1.29 is 8.42 Å². The minimum Gasteiger partial charge on any atom is -0.379 e. The molecule has 19 heavy (non-hydrogen) atoms. The van der Waals surface area contributed by atoms with E-state index in [2.05, 4.69) is 15.0 Å². The first kappa shape index (κ1) is 13.4. The van der Waals surface area contributed by atoms with E-state index in [-0.39, 0.29) is 0 Å². The van der Waals surface area contributed by atoms with Crippen LogP contribution in [0.25, 0.3) is 0 Å². The molecule has 0 atom stereocenters. The Bertz CT molecular complexity index is 642. The van der Waals surface area contributed by atoms with Crippen LogP contribution >= 0.6 is 0 Å². The van der Waals surface area contributed by atoms with Crippen LogP contribution in [0.3, 0.4) is 0 Å². The average molecular weight is 277 g/mol. The minimum atomic E-state index is -3.25. The maximum atomic E-state index is 11.1. The third kappa shape index (κ3) is 4.59. The molecule has 0 saturated carbocycles. The zero-order valence-corrected chi connectivity index (χ0v) is 11.3. The molecule has 0 bridgehead atoms. The molecular formula is C13H15N3O2S. The van der Waals surface area contributed by atoms with Gasteiger partial charge in [-0.2, -0.15) is 0 Å². The van der Waals surface area contributed by atoms with E-state index in [9.17, 15) is 8.42 Å². The molecule has 0 aliphatic rings. The van der Waals surface area contributed by atoms with Crippen LogP contribution in [0.2, 0.25) is 0 Å². The van der Waals surface area contributed by atoms with E-state index in [1.807, 2.05) is 24.3 Å². The van der Waals surface area contributed by atoms with Gasteiger partial charge in [0.25, 0.3) is 0 Å². The molecule has 0 radical (unpaired) electrons. The molecule has 0 fully saturated rings. The molecule has 0 aliphatic heterocycles. The molecule has 1 aromatic carbocycles. The summed E-state index contributed by atoms with van der Waals surface area (Å²) in [4.78, 5) is 4.20. The number of rotatable bonds is 5. The van der Waals surface area contributed by atoms with E-state index in [1.165, 1.54) is 0 Å². The molecule has 2 N–H and O–H groups in total. The number of nitrogens with zero attached hydrogens (tertiary/aromatic N) is 1. The van der Waals surface area contributed by atoms with Crippen LogP contribution in [0.5, 0.6) is 0 Å². The van der Waals surface area contributed by atoms with Crippen molar-refractivity contribution in [3.05, 3.63) is 54.4 Å². The lowest BCUT2D eigenvalue weighted by molar-refractivity contribution is 0.607. The number of benzene rings is 1. The second-order valence-electron chi connectivity index (χ2n) is 4.13. The molecule has 0 aliphatic carbocycles. The Hall–Kier alpha value is -2.08. The van der Waals surface area contributed by atoms with E-state index in [0.29, 0.717) is 12.2 Å². The Morgan fingerprint density at radius 2 is 1.89 bits per heavy atom. The van der Waals surface area contributed by atoms with Crippen molar-refractivity contribution in [2.75, 3.05) is 16.3 Å². The molecule has 0 spiro atoms. The number of pyridine rings is 1. The average Bonchev–Trinajstić information content (AvgIpc) is 2.36. The maximum Gasteiger partial charge on any atom is 0.229 e. The van der Waals surface area contributed by atoms with E-state index in [0.717, 1.165) is 17.6 Å². The molecule has 1 aromatic heterocycles. The first-order valence-electron chi connectivity index (χ1n) is 5.74. The zero-order valence-electron chi connectivity index (χ0n) is 10.5. The summed E-state index contributed by atoms with van der Waals surface area (Å²) in [6, 6.07) is 12.8. The van der Waals surface area contributed by atoms with Crippen LogP contribution in [-0.2, 0) is 16.6 Å². The first-order valence-corrected chi connectivity index (χ1v) is 7.64. The number of hydrogen-bond donors (Lipinski definition) is 2. The number of hydrogen-bond acceptors (Lipinski definition) is 4. The third-order valence-electron chi connectivity index (χ3n) is 2.37. The summed E-state index contributed by atoms with van der Waals surface area (Å²) >= 11 is 0. The van der Waals surface area contributed by atoms with E-state index >= 15 is 0 Å². The van der Waals surface area contributed by atoms with Crippen LogP contribution in [0, 0.1) is 0 Å². The van der Waals surface area contributed by atoms with E-state index < -0.39 is 10.0 Å². The van der Waals surface area contributed by atoms with Gasteiger partial charge in [-0.25, -0.2) is 8.42 Å². The largest absolute Gasteiger partial charge is 0.379 e. The lowest BCUT2D eigenvalue weighted by Gasteiger charge is -2.08. The minimum absolute atomic E-state index is 0.536. The van der Waals surface area contributed by atoms with Gasteiger partial charge in [-0.05, 0) is 30.3 Å². The predicted octanol–water partition coefficient (Wildman–Crippen LogP) is 2.07. The first-order chi connectivity index (χ1) is 9.03. The fourth-order valence-corrected chi connectivity index (χ4v) is 2.16. The molecular weight excluding hydrogens is 262 g/mol. The van der Waals surface area contributed by atoms with Crippen molar-refractivity contribution in [3.8, 4) is 0 Å². The summed E-state index contributed by atoms with van der Waals surface area (Å²) in [6.45, 7) is 0.586. The highest BCUT2D eigenvalue weighted by Crippen LogP contribution is 2.16. The summed E-state index contributed by atoms with van der Waals surface area (Å²) in [6.07, 6.45) is 2.86. The van der Waals surface area contributed by atoms with Gasteiger partial charge in [0.15, 0.2) is 0 Å². The van der Waals surface area contributed by atoms with Gasteiger partial charge in [-0.15, -0.1) is 0 Å². The number of aromatic nitrogens is 1. The Balaban J connectivity index is 2.03. The highest BCUT2D eigenvalue weighted by Gasteiger charge is 2.02. The van der Waals surface area contributed by atoms with Crippen molar-refractivity contribution in [1.29, 1.82) is 0 Å². The normalized spacial score (nSPS) is 11.0. The van der Waals surface area contributed by atoms with E-state index in [1.54, 1.807) is 24.4 Å². The predicted molar refractivity (Wildman–Crippen MR) is 76.5 cm³/mol. The van der Waals surface area contributed by atoms with Gasteiger partial charge in [0.1, 0.15) is 0 Å².